The first-order valence-electron chi connectivity index (χ1n) is 9.03. The van der Waals surface area contributed by atoms with Crippen molar-refractivity contribution < 1.29 is 23.0 Å². The van der Waals surface area contributed by atoms with Crippen molar-refractivity contribution in [2.75, 3.05) is 33.3 Å². The SMILES string of the molecule is COc1ccccc1C[NH+]1CCN(S(=O)(=O)c2cc([N+](=O)[O-])ccc2C)CC1. The number of hydrogen-bond acceptors (Lipinski definition) is 5. The number of nitro groups is 1. The zero-order valence-electron chi connectivity index (χ0n) is 15.9. The summed E-state index contributed by atoms with van der Waals surface area (Å²) in [6.45, 7) is 4.47. The number of methoxy groups -OCH3 is 1. The van der Waals surface area contributed by atoms with E-state index >= 15 is 0 Å². The lowest BCUT2D eigenvalue weighted by Gasteiger charge is -2.32. The maximum atomic E-state index is 13.0. The van der Waals surface area contributed by atoms with E-state index in [1.165, 1.54) is 21.3 Å². The molecule has 2 aromatic rings. The number of quaternary nitrogens is 1. The van der Waals surface area contributed by atoms with Crippen LogP contribution in [0.2, 0.25) is 0 Å². The zero-order valence-corrected chi connectivity index (χ0v) is 16.7. The first-order valence-corrected chi connectivity index (χ1v) is 10.5. The van der Waals surface area contributed by atoms with Crippen LogP contribution < -0.4 is 9.64 Å². The van der Waals surface area contributed by atoms with Crippen molar-refractivity contribution in [3.8, 4) is 5.75 Å². The molecule has 0 unspecified atom stereocenters. The molecular formula is C19H24N3O5S+. The summed E-state index contributed by atoms with van der Waals surface area (Å²) in [5.74, 6) is 0.831. The van der Waals surface area contributed by atoms with Crippen LogP contribution in [-0.2, 0) is 16.6 Å². The third-order valence-corrected chi connectivity index (χ3v) is 7.10. The van der Waals surface area contributed by atoms with Crippen molar-refractivity contribution in [2.24, 2.45) is 0 Å². The topological polar surface area (TPSA) is 94.2 Å². The largest absolute Gasteiger partial charge is 0.496 e. The molecule has 3 rings (SSSR count). The maximum Gasteiger partial charge on any atom is 0.270 e. The Morgan fingerprint density at radius 3 is 2.50 bits per heavy atom. The van der Waals surface area contributed by atoms with E-state index in [0.29, 0.717) is 31.7 Å². The molecule has 28 heavy (non-hydrogen) atoms. The fourth-order valence-electron chi connectivity index (χ4n) is 3.46. The van der Waals surface area contributed by atoms with Gasteiger partial charge in [-0.05, 0) is 24.6 Å². The van der Waals surface area contributed by atoms with E-state index in [9.17, 15) is 18.5 Å². The molecule has 0 spiro atoms. The van der Waals surface area contributed by atoms with Crippen LogP contribution in [0.25, 0.3) is 0 Å². The number of nitrogens with zero attached hydrogens (tertiary/aromatic N) is 2. The number of nitro benzene ring substituents is 1. The lowest BCUT2D eigenvalue weighted by molar-refractivity contribution is -0.917. The van der Waals surface area contributed by atoms with Gasteiger partial charge in [0.2, 0.25) is 10.0 Å². The molecule has 8 nitrogen and oxygen atoms in total. The van der Waals surface area contributed by atoms with Gasteiger partial charge in [-0.3, -0.25) is 10.1 Å². The van der Waals surface area contributed by atoms with E-state index in [0.717, 1.165) is 23.9 Å². The number of ether oxygens (including phenoxy) is 1. The monoisotopic (exact) mass is 406 g/mol. The van der Waals surface area contributed by atoms with E-state index < -0.39 is 14.9 Å². The normalized spacial score (nSPS) is 16.1. The number of sulfonamides is 1. The van der Waals surface area contributed by atoms with E-state index in [2.05, 4.69) is 0 Å². The highest BCUT2D eigenvalue weighted by Gasteiger charge is 2.32. The molecule has 1 fully saturated rings. The number of para-hydroxylation sites is 1. The Hall–Kier alpha value is -2.49. The van der Waals surface area contributed by atoms with Gasteiger partial charge in [-0.15, -0.1) is 0 Å². The number of benzene rings is 2. The summed E-state index contributed by atoms with van der Waals surface area (Å²) in [5.41, 5.74) is 1.38. The van der Waals surface area contributed by atoms with Gasteiger partial charge in [-0.25, -0.2) is 8.42 Å². The highest BCUT2D eigenvalue weighted by atomic mass is 32.2. The Bertz CT molecular complexity index is 969. The molecule has 0 radical (unpaired) electrons. The highest BCUT2D eigenvalue weighted by molar-refractivity contribution is 7.89. The van der Waals surface area contributed by atoms with Crippen molar-refractivity contribution in [2.45, 2.75) is 18.4 Å². The van der Waals surface area contributed by atoms with E-state index in [-0.39, 0.29) is 10.6 Å². The Morgan fingerprint density at radius 2 is 1.86 bits per heavy atom. The second-order valence-electron chi connectivity index (χ2n) is 6.85. The molecule has 0 bridgehead atoms. The molecule has 1 saturated heterocycles. The molecule has 150 valence electrons. The van der Waals surface area contributed by atoms with Gasteiger partial charge in [0.1, 0.15) is 12.3 Å². The Kier molecular flexibility index (Phi) is 5.97. The van der Waals surface area contributed by atoms with Gasteiger partial charge in [0.15, 0.2) is 0 Å². The third-order valence-electron chi connectivity index (χ3n) is 5.06. The van der Waals surface area contributed by atoms with Crippen LogP contribution in [0.15, 0.2) is 47.4 Å². The molecule has 0 amide bonds. The van der Waals surface area contributed by atoms with Crippen LogP contribution in [0.1, 0.15) is 11.1 Å². The Morgan fingerprint density at radius 1 is 1.18 bits per heavy atom. The summed E-state index contributed by atoms with van der Waals surface area (Å²) in [6, 6.07) is 11.8. The molecule has 1 heterocycles. The average molecular weight is 406 g/mol. The second-order valence-corrected chi connectivity index (χ2v) is 8.76. The Balaban J connectivity index is 1.72. The first-order chi connectivity index (χ1) is 13.3. The predicted molar refractivity (Wildman–Crippen MR) is 104 cm³/mol. The predicted octanol–water partition coefficient (Wildman–Crippen LogP) is 1.00. The van der Waals surface area contributed by atoms with Gasteiger partial charge < -0.3 is 9.64 Å². The van der Waals surface area contributed by atoms with Crippen molar-refractivity contribution >= 4 is 15.7 Å². The average Bonchev–Trinajstić information content (AvgIpc) is 2.69. The van der Waals surface area contributed by atoms with Crippen LogP contribution in [0.3, 0.4) is 0 Å². The third kappa shape index (κ3) is 4.16. The number of aryl methyl sites for hydroxylation is 1. The van der Waals surface area contributed by atoms with Gasteiger partial charge in [0.25, 0.3) is 5.69 Å². The molecule has 9 heteroatoms. The van der Waals surface area contributed by atoms with Crippen molar-refractivity contribution in [1.82, 2.24) is 4.31 Å². The standard InChI is InChI=1S/C19H23N3O5S/c1-15-7-8-17(22(23)24)13-19(15)28(25,26)21-11-9-20(10-12-21)14-16-5-3-4-6-18(16)27-2/h3-8,13H,9-12,14H2,1-2H3/p+1. The summed E-state index contributed by atoms with van der Waals surface area (Å²) < 4.78 is 32.9. The minimum absolute atomic E-state index is 0.00915. The van der Waals surface area contributed by atoms with E-state index in [4.69, 9.17) is 4.74 Å². The van der Waals surface area contributed by atoms with E-state index in [1.54, 1.807) is 14.0 Å². The summed E-state index contributed by atoms with van der Waals surface area (Å²) in [6.07, 6.45) is 0. The molecule has 0 aliphatic carbocycles. The number of hydrogen-bond donors (Lipinski definition) is 1. The maximum absolute atomic E-state index is 13.0. The second kappa shape index (κ2) is 8.26. The Labute approximate surface area is 164 Å². The van der Waals surface area contributed by atoms with Gasteiger partial charge in [-0.2, -0.15) is 4.31 Å². The van der Waals surface area contributed by atoms with Crippen LogP contribution >= 0.6 is 0 Å². The number of rotatable bonds is 6. The quantitative estimate of drug-likeness (QED) is 0.571. The molecule has 1 N–H and O–H groups in total. The molecule has 1 aliphatic rings. The van der Waals surface area contributed by atoms with Crippen molar-refractivity contribution in [3.63, 3.8) is 0 Å². The van der Waals surface area contributed by atoms with Crippen LogP contribution in [-0.4, -0.2) is 50.9 Å². The lowest BCUT2D eigenvalue weighted by Crippen LogP contribution is -3.13. The minimum Gasteiger partial charge on any atom is -0.496 e. The van der Waals surface area contributed by atoms with Gasteiger partial charge in [0, 0.05) is 17.7 Å². The minimum atomic E-state index is -3.77. The first kappa shape index (κ1) is 20.2. The molecular weight excluding hydrogens is 382 g/mol. The summed E-state index contributed by atoms with van der Waals surface area (Å²) >= 11 is 0. The molecule has 0 aromatic heterocycles. The van der Waals surface area contributed by atoms with Gasteiger partial charge >= 0.3 is 0 Å². The molecule has 0 saturated carbocycles. The van der Waals surface area contributed by atoms with Gasteiger partial charge in [0.05, 0.1) is 43.1 Å². The van der Waals surface area contributed by atoms with Gasteiger partial charge in [-0.1, -0.05) is 18.2 Å². The van der Waals surface area contributed by atoms with Crippen LogP contribution in [0, 0.1) is 17.0 Å². The number of non-ortho nitro benzene ring substituents is 1. The lowest BCUT2D eigenvalue weighted by atomic mass is 10.2. The van der Waals surface area contributed by atoms with E-state index in [1.807, 2.05) is 24.3 Å². The van der Waals surface area contributed by atoms with Crippen molar-refractivity contribution in [3.05, 3.63) is 63.7 Å². The fraction of sp³-hybridized carbons (Fsp3) is 0.368. The number of piperazine rings is 1. The van der Waals surface area contributed by atoms with Crippen LogP contribution in [0.4, 0.5) is 5.69 Å². The zero-order chi connectivity index (χ0) is 20.3. The highest BCUT2D eigenvalue weighted by Crippen LogP contribution is 2.25. The van der Waals surface area contributed by atoms with Crippen molar-refractivity contribution in [1.29, 1.82) is 0 Å². The molecule has 0 atom stereocenters. The summed E-state index contributed by atoms with van der Waals surface area (Å²) in [7, 11) is -2.13. The number of nitrogens with one attached hydrogen (secondary N) is 1. The fourth-order valence-corrected chi connectivity index (χ4v) is 5.14. The summed E-state index contributed by atoms with van der Waals surface area (Å²) in [5, 5.41) is 11.0. The molecule has 2 aromatic carbocycles. The molecule has 1 aliphatic heterocycles. The smallest absolute Gasteiger partial charge is 0.270 e. The van der Waals surface area contributed by atoms with Crippen LogP contribution in [0.5, 0.6) is 5.75 Å². The summed E-state index contributed by atoms with van der Waals surface area (Å²) in [4.78, 5) is 11.7.